The van der Waals surface area contributed by atoms with Crippen LogP contribution in [0.5, 0.6) is 5.75 Å². The van der Waals surface area contributed by atoms with Gasteiger partial charge in [0.05, 0.1) is 18.1 Å². The number of ether oxygens (including phenoxy) is 1. The van der Waals surface area contributed by atoms with Gasteiger partial charge in [-0.1, -0.05) is 42.8 Å². The Hall–Kier alpha value is -2.83. The van der Waals surface area contributed by atoms with Crippen LogP contribution in [-0.2, 0) is 20.7 Å². The summed E-state index contributed by atoms with van der Waals surface area (Å²) in [6.07, 6.45) is 5.45. The van der Waals surface area contributed by atoms with Crippen LogP contribution in [-0.4, -0.2) is 27.7 Å². The van der Waals surface area contributed by atoms with Crippen LogP contribution in [0.3, 0.4) is 0 Å². The number of fused-ring (bicyclic) bond motifs is 5. The van der Waals surface area contributed by atoms with E-state index in [-0.39, 0.29) is 22.5 Å². The van der Waals surface area contributed by atoms with E-state index in [0.29, 0.717) is 24.2 Å². The Morgan fingerprint density at radius 2 is 1.73 bits per heavy atom. The van der Waals surface area contributed by atoms with E-state index in [1.54, 1.807) is 19.2 Å². The first-order valence-corrected chi connectivity index (χ1v) is 16.1. The fourth-order valence-electron chi connectivity index (χ4n) is 8.00. The molecule has 40 heavy (non-hydrogen) atoms. The highest BCUT2D eigenvalue weighted by Crippen LogP contribution is 2.60. The topological polar surface area (TPSA) is 64.6 Å². The van der Waals surface area contributed by atoms with E-state index in [4.69, 9.17) is 8.92 Å². The van der Waals surface area contributed by atoms with Gasteiger partial charge in [-0.05, 0) is 129 Å². The molecule has 5 nitrogen and oxygen atoms in total. The molecular weight excluding hydrogens is 518 g/mol. The van der Waals surface area contributed by atoms with Crippen LogP contribution in [0.4, 0.5) is 5.69 Å². The van der Waals surface area contributed by atoms with Crippen LogP contribution in [0.2, 0.25) is 0 Å². The van der Waals surface area contributed by atoms with Gasteiger partial charge in [-0.15, -0.1) is 0 Å². The van der Waals surface area contributed by atoms with E-state index in [1.807, 2.05) is 19.1 Å². The van der Waals surface area contributed by atoms with Crippen molar-refractivity contribution < 1.29 is 17.3 Å². The van der Waals surface area contributed by atoms with Crippen molar-refractivity contribution in [3.05, 3.63) is 89.0 Å². The summed E-state index contributed by atoms with van der Waals surface area (Å²) in [5.41, 5.74) is 6.23. The highest BCUT2D eigenvalue weighted by Gasteiger charge is 2.55. The highest BCUT2D eigenvalue weighted by atomic mass is 32.2. The van der Waals surface area contributed by atoms with Crippen molar-refractivity contribution in [3.63, 3.8) is 0 Å². The quantitative estimate of drug-likeness (QED) is 0.318. The summed E-state index contributed by atoms with van der Waals surface area (Å²) >= 11 is 0. The molecule has 1 N–H and O–H groups in total. The molecule has 2 saturated carbocycles. The van der Waals surface area contributed by atoms with Gasteiger partial charge in [0, 0.05) is 11.7 Å². The third kappa shape index (κ3) is 5.05. The normalized spacial score (nSPS) is 29.6. The molecule has 0 spiro atoms. The van der Waals surface area contributed by atoms with E-state index in [0.717, 1.165) is 49.1 Å². The minimum Gasteiger partial charge on any atom is -0.497 e. The lowest BCUT2D eigenvalue weighted by molar-refractivity contribution is -0.0517. The Kier molecular flexibility index (Phi) is 7.20. The molecule has 0 bridgehead atoms. The maximum atomic E-state index is 13.4. The first kappa shape index (κ1) is 27.3. The molecule has 0 unspecified atom stereocenters. The van der Waals surface area contributed by atoms with Gasteiger partial charge in [-0.3, -0.25) is 4.18 Å². The Balaban J connectivity index is 1.33. The number of methoxy groups -OCH3 is 1. The standard InChI is InChI=1S/C34H41NO4S/c1-22-8-12-28(13-9-22)40(36,37)39-27-20-32-31-14-10-24-19-26(38-4)11-15-29(24)30(31)16-17-34(32,3)33(21-27)35-25-7-5-6-23(2)18-25/h5-9,11-13,15,18-19,27,30-33,35H,10,14,16-17,20-21H2,1-4H3/t27-,30+,31+,32-,33-,34-/m0/s1. The van der Waals surface area contributed by atoms with Crippen LogP contribution in [0, 0.1) is 31.1 Å². The van der Waals surface area contributed by atoms with Crippen LogP contribution in [0.25, 0.3) is 0 Å². The van der Waals surface area contributed by atoms with E-state index in [9.17, 15) is 8.42 Å². The second kappa shape index (κ2) is 10.5. The largest absolute Gasteiger partial charge is 0.497 e. The molecule has 6 rings (SSSR count). The van der Waals surface area contributed by atoms with Gasteiger partial charge in [-0.2, -0.15) is 8.42 Å². The highest BCUT2D eigenvalue weighted by molar-refractivity contribution is 7.86. The summed E-state index contributed by atoms with van der Waals surface area (Å²) in [5.74, 6) is 2.26. The molecule has 0 saturated heterocycles. The van der Waals surface area contributed by atoms with Crippen molar-refractivity contribution in [2.75, 3.05) is 12.4 Å². The molecule has 3 aliphatic carbocycles. The second-order valence-electron chi connectivity index (χ2n) is 12.5. The summed E-state index contributed by atoms with van der Waals surface area (Å²) in [7, 11) is -2.13. The zero-order valence-electron chi connectivity index (χ0n) is 24.0. The Morgan fingerprint density at radius 3 is 2.48 bits per heavy atom. The zero-order chi connectivity index (χ0) is 28.1. The third-order valence-electron chi connectivity index (χ3n) is 10.1. The molecule has 0 aliphatic heterocycles. The van der Waals surface area contributed by atoms with Gasteiger partial charge in [0.15, 0.2) is 0 Å². The number of rotatable bonds is 6. The SMILES string of the molecule is COc1ccc2c(c1)CC[C@@H]1[C@@H]2CC[C@]2(C)[C@@H](Nc3cccc(C)c3)C[C@@H](OS(=O)(=O)c3ccc(C)cc3)C[C@@H]12. The lowest BCUT2D eigenvalue weighted by atomic mass is 9.49. The van der Waals surface area contributed by atoms with E-state index >= 15 is 0 Å². The van der Waals surface area contributed by atoms with Crippen LogP contribution < -0.4 is 10.1 Å². The maximum absolute atomic E-state index is 13.4. The Bertz CT molecular complexity index is 1480. The van der Waals surface area contributed by atoms with Crippen molar-refractivity contribution in [2.45, 2.75) is 82.3 Å². The molecule has 3 aromatic rings. The molecule has 3 aliphatic rings. The minimum absolute atomic E-state index is 0.0440. The molecule has 0 aromatic heterocycles. The van der Waals surface area contributed by atoms with Crippen molar-refractivity contribution in [3.8, 4) is 5.75 Å². The molecule has 0 radical (unpaired) electrons. The predicted molar refractivity (Wildman–Crippen MR) is 159 cm³/mol. The molecule has 0 amide bonds. The van der Waals surface area contributed by atoms with Crippen molar-refractivity contribution in [1.29, 1.82) is 0 Å². The summed E-state index contributed by atoms with van der Waals surface area (Å²) in [6.45, 7) is 6.50. The lowest BCUT2D eigenvalue weighted by Gasteiger charge is -2.58. The van der Waals surface area contributed by atoms with Crippen molar-refractivity contribution >= 4 is 15.8 Å². The van der Waals surface area contributed by atoms with E-state index in [2.05, 4.69) is 61.6 Å². The van der Waals surface area contributed by atoms with Gasteiger partial charge < -0.3 is 10.1 Å². The van der Waals surface area contributed by atoms with Gasteiger partial charge in [0.2, 0.25) is 0 Å². The number of benzene rings is 3. The van der Waals surface area contributed by atoms with Gasteiger partial charge >= 0.3 is 0 Å². The Labute approximate surface area is 239 Å². The average Bonchev–Trinajstić information content (AvgIpc) is 2.93. The average molecular weight is 560 g/mol. The molecule has 6 heteroatoms. The number of nitrogens with one attached hydrogen (secondary N) is 1. The zero-order valence-corrected chi connectivity index (χ0v) is 24.8. The fraction of sp³-hybridized carbons (Fsp3) is 0.471. The first-order valence-electron chi connectivity index (χ1n) is 14.7. The molecule has 3 aromatic carbocycles. The fourth-order valence-corrected chi connectivity index (χ4v) is 9.10. The van der Waals surface area contributed by atoms with Crippen molar-refractivity contribution in [1.82, 2.24) is 0 Å². The van der Waals surface area contributed by atoms with Crippen LogP contribution in [0.15, 0.2) is 71.6 Å². The van der Waals surface area contributed by atoms with Crippen LogP contribution >= 0.6 is 0 Å². The molecule has 2 fully saturated rings. The van der Waals surface area contributed by atoms with Gasteiger partial charge in [0.1, 0.15) is 5.75 Å². The number of anilines is 1. The maximum Gasteiger partial charge on any atom is 0.297 e. The molecule has 0 heterocycles. The Morgan fingerprint density at radius 1 is 0.925 bits per heavy atom. The first-order chi connectivity index (χ1) is 19.2. The van der Waals surface area contributed by atoms with Crippen molar-refractivity contribution in [2.24, 2.45) is 17.3 Å². The summed E-state index contributed by atoms with van der Waals surface area (Å²) < 4.78 is 38.4. The molecular formula is C34H41NO4S. The summed E-state index contributed by atoms with van der Waals surface area (Å²) in [6, 6.07) is 22.2. The summed E-state index contributed by atoms with van der Waals surface area (Å²) in [4.78, 5) is 0.233. The number of hydrogen-bond acceptors (Lipinski definition) is 5. The lowest BCUT2D eigenvalue weighted by Crippen LogP contribution is -2.57. The van der Waals surface area contributed by atoms with E-state index < -0.39 is 10.1 Å². The van der Waals surface area contributed by atoms with Gasteiger partial charge in [-0.25, -0.2) is 0 Å². The summed E-state index contributed by atoms with van der Waals surface area (Å²) in [5, 5.41) is 3.86. The second-order valence-corrected chi connectivity index (χ2v) is 14.1. The molecule has 212 valence electrons. The minimum atomic E-state index is -3.86. The smallest absolute Gasteiger partial charge is 0.297 e. The predicted octanol–water partition coefficient (Wildman–Crippen LogP) is 7.42. The van der Waals surface area contributed by atoms with E-state index in [1.165, 1.54) is 16.7 Å². The number of hydrogen-bond donors (Lipinski definition) is 1. The van der Waals surface area contributed by atoms with Crippen LogP contribution in [0.1, 0.15) is 67.2 Å². The monoisotopic (exact) mass is 559 g/mol. The molecule has 6 atom stereocenters. The third-order valence-corrected chi connectivity index (χ3v) is 11.5. The number of aryl methyl sites for hydroxylation is 3. The van der Waals surface area contributed by atoms with Gasteiger partial charge in [0.25, 0.3) is 10.1 Å².